The summed E-state index contributed by atoms with van der Waals surface area (Å²) >= 11 is 8.47. The minimum atomic E-state index is -0.271. The SMILES string of the molecule is COc1ccc(C(=O)NC(=S)Nc2ccc(Br)cc2)cc1. The lowest BCUT2D eigenvalue weighted by Gasteiger charge is -2.10. The average Bonchev–Trinajstić information content (AvgIpc) is 2.49. The van der Waals surface area contributed by atoms with Gasteiger partial charge in [-0.3, -0.25) is 10.1 Å². The maximum absolute atomic E-state index is 12.0. The van der Waals surface area contributed by atoms with Gasteiger partial charge in [-0.05, 0) is 60.7 Å². The maximum atomic E-state index is 12.0. The quantitative estimate of drug-likeness (QED) is 0.817. The number of thiocarbonyl (C=S) groups is 1. The van der Waals surface area contributed by atoms with Gasteiger partial charge < -0.3 is 10.1 Å². The van der Waals surface area contributed by atoms with Crippen molar-refractivity contribution in [2.75, 3.05) is 12.4 Å². The van der Waals surface area contributed by atoms with Crippen LogP contribution in [0.3, 0.4) is 0 Å². The molecule has 0 unspecified atom stereocenters. The number of ether oxygens (including phenoxy) is 1. The van der Waals surface area contributed by atoms with Crippen LogP contribution in [0.5, 0.6) is 5.75 Å². The molecule has 2 aromatic carbocycles. The molecule has 0 fully saturated rings. The third-order valence-electron chi connectivity index (χ3n) is 2.68. The van der Waals surface area contributed by atoms with Crippen LogP contribution in [0.4, 0.5) is 5.69 Å². The van der Waals surface area contributed by atoms with Crippen LogP contribution in [0.25, 0.3) is 0 Å². The highest BCUT2D eigenvalue weighted by atomic mass is 79.9. The van der Waals surface area contributed by atoms with Crippen molar-refractivity contribution in [3.05, 3.63) is 58.6 Å². The molecule has 2 rings (SSSR count). The van der Waals surface area contributed by atoms with E-state index in [1.54, 1.807) is 31.4 Å². The van der Waals surface area contributed by atoms with Gasteiger partial charge in [-0.2, -0.15) is 0 Å². The molecule has 6 heteroatoms. The number of hydrogen-bond donors (Lipinski definition) is 2. The van der Waals surface area contributed by atoms with Crippen LogP contribution < -0.4 is 15.4 Å². The minimum absolute atomic E-state index is 0.248. The number of amides is 1. The molecule has 21 heavy (non-hydrogen) atoms. The molecule has 0 bridgehead atoms. The molecule has 0 saturated carbocycles. The number of anilines is 1. The van der Waals surface area contributed by atoms with E-state index < -0.39 is 0 Å². The van der Waals surface area contributed by atoms with E-state index in [-0.39, 0.29) is 11.0 Å². The molecule has 0 aromatic heterocycles. The summed E-state index contributed by atoms with van der Waals surface area (Å²) in [7, 11) is 1.58. The highest BCUT2D eigenvalue weighted by Crippen LogP contribution is 2.14. The van der Waals surface area contributed by atoms with E-state index in [2.05, 4.69) is 26.6 Å². The Bertz CT molecular complexity index is 642. The van der Waals surface area contributed by atoms with Crippen molar-refractivity contribution in [1.29, 1.82) is 0 Å². The van der Waals surface area contributed by atoms with Gasteiger partial charge in [0, 0.05) is 15.7 Å². The highest BCUT2D eigenvalue weighted by Gasteiger charge is 2.08. The molecule has 2 aromatic rings. The second-order valence-electron chi connectivity index (χ2n) is 4.14. The van der Waals surface area contributed by atoms with E-state index >= 15 is 0 Å². The standard InChI is InChI=1S/C15H13BrN2O2S/c1-20-13-8-2-10(3-9-13)14(19)18-15(21)17-12-6-4-11(16)5-7-12/h2-9H,1H3,(H2,17,18,19,21). The van der Waals surface area contributed by atoms with Crippen LogP contribution in [0.15, 0.2) is 53.0 Å². The Morgan fingerprint density at radius 1 is 1.10 bits per heavy atom. The summed E-state index contributed by atoms with van der Waals surface area (Å²) in [4.78, 5) is 12.0. The molecular formula is C15H13BrN2O2S. The zero-order valence-electron chi connectivity index (χ0n) is 11.2. The summed E-state index contributed by atoms with van der Waals surface area (Å²) in [6, 6.07) is 14.3. The van der Waals surface area contributed by atoms with Gasteiger partial charge in [0.25, 0.3) is 5.91 Å². The average molecular weight is 365 g/mol. The zero-order valence-corrected chi connectivity index (χ0v) is 13.6. The molecule has 0 aliphatic carbocycles. The van der Waals surface area contributed by atoms with E-state index in [0.29, 0.717) is 11.3 Å². The van der Waals surface area contributed by atoms with Gasteiger partial charge in [0.2, 0.25) is 0 Å². The lowest BCUT2D eigenvalue weighted by molar-refractivity contribution is 0.0977. The van der Waals surface area contributed by atoms with Crippen molar-refractivity contribution in [3.63, 3.8) is 0 Å². The number of nitrogens with one attached hydrogen (secondary N) is 2. The van der Waals surface area contributed by atoms with E-state index in [9.17, 15) is 4.79 Å². The number of benzene rings is 2. The van der Waals surface area contributed by atoms with Crippen molar-refractivity contribution < 1.29 is 9.53 Å². The van der Waals surface area contributed by atoms with Gasteiger partial charge in [-0.1, -0.05) is 15.9 Å². The molecule has 0 atom stereocenters. The third-order valence-corrected chi connectivity index (χ3v) is 3.41. The molecule has 108 valence electrons. The second-order valence-corrected chi connectivity index (χ2v) is 5.47. The van der Waals surface area contributed by atoms with E-state index in [1.165, 1.54) is 0 Å². The predicted octanol–water partition coefficient (Wildman–Crippen LogP) is 3.58. The van der Waals surface area contributed by atoms with Crippen LogP contribution in [0, 0.1) is 0 Å². The fourth-order valence-corrected chi connectivity index (χ4v) is 2.09. The number of rotatable bonds is 3. The Morgan fingerprint density at radius 3 is 2.29 bits per heavy atom. The Kier molecular flexibility index (Phi) is 5.30. The molecule has 0 aliphatic heterocycles. The highest BCUT2D eigenvalue weighted by molar-refractivity contribution is 9.10. The molecule has 0 saturated heterocycles. The lowest BCUT2D eigenvalue weighted by Crippen LogP contribution is -2.34. The molecular weight excluding hydrogens is 352 g/mol. The maximum Gasteiger partial charge on any atom is 0.257 e. The van der Waals surface area contributed by atoms with Gasteiger partial charge in [0.1, 0.15) is 5.75 Å². The van der Waals surface area contributed by atoms with Gasteiger partial charge >= 0.3 is 0 Å². The largest absolute Gasteiger partial charge is 0.497 e. The van der Waals surface area contributed by atoms with E-state index in [4.69, 9.17) is 17.0 Å². The van der Waals surface area contributed by atoms with E-state index in [1.807, 2.05) is 24.3 Å². The molecule has 0 radical (unpaired) electrons. The molecule has 1 amide bonds. The first kappa shape index (κ1) is 15.5. The van der Waals surface area contributed by atoms with Crippen LogP contribution in [-0.2, 0) is 0 Å². The Hall–Kier alpha value is -1.92. The Morgan fingerprint density at radius 2 is 1.71 bits per heavy atom. The molecule has 0 aliphatic rings. The number of carbonyl (C=O) groups is 1. The van der Waals surface area contributed by atoms with Gasteiger partial charge in [0.05, 0.1) is 7.11 Å². The Balaban J connectivity index is 1.95. The third kappa shape index (κ3) is 4.54. The van der Waals surface area contributed by atoms with E-state index in [0.717, 1.165) is 10.2 Å². The van der Waals surface area contributed by atoms with Crippen molar-refractivity contribution >= 4 is 44.9 Å². The van der Waals surface area contributed by atoms with Gasteiger partial charge in [0.15, 0.2) is 5.11 Å². The molecule has 0 heterocycles. The number of halogens is 1. The summed E-state index contributed by atoms with van der Waals surface area (Å²) in [6.45, 7) is 0. The number of methoxy groups -OCH3 is 1. The fraction of sp³-hybridized carbons (Fsp3) is 0.0667. The minimum Gasteiger partial charge on any atom is -0.497 e. The first-order chi connectivity index (χ1) is 10.1. The molecule has 0 spiro atoms. The summed E-state index contributed by atoms with van der Waals surface area (Å²) in [5.41, 5.74) is 1.31. The van der Waals surface area contributed by atoms with Crippen molar-refractivity contribution in [2.45, 2.75) is 0 Å². The Labute approximate surface area is 136 Å². The first-order valence-corrected chi connectivity index (χ1v) is 7.30. The van der Waals surface area contributed by atoms with Crippen LogP contribution >= 0.6 is 28.1 Å². The fourth-order valence-electron chi connectivity index (χ4n) is 1.61. The molecule has 4 nitrogen and oxygen atoms in total. The first-order valence-electron chi connectivity index (χ1n) is 6.10. The van der Waals surface area contributed by atoms with Crippen LogP contribution in [0.1, 0.15) is 10.4 Å². The smallest absolute Gasteiger partial charge is 0.257 e. The zero-order chi connectivity index (χ0) is 15.2. The normalized spacial score (nSPS) is 9.81. The predicted molar refractivity (Wildman–Crippen MR) is 90.8 cm³/mol. The number of hydrogen-bond acceptors (Lipinski definition) is 3. The summed E-state index contributed by atoms with van der Waals surface area (Å²) in [5, 5.41) is 5.82. The lowest BCUT2D eigenvalue weighted by atomic mass is 10.2. The topological polar surface area (TPSA) is 50.4 Å². The van der Waals surface area contributed by atoms with Crippen molar-refractivity contribution in [3.8, 4) is 5.75 Å². The summed E-state index contributed by atoms with van der Waals surface area (Å²) in [6.07, 6.45) is 0. The number of carbonyl (C=O) groups excluding carboxylic acids is 1. The summed E-state index contributed by atoms with van der Waals surface area (Å²) in [5.74, 6) is 0.425. The van der Waals surface area contributed by atoms with Crippen LogP contribution in [0.2, 0.25) is 0 Å². The monoisotopic (exact) mass is 364 g/mol. The van der Waals surface area contributed by atoms with Crippen molar-refractivity contribution in [2.24, 2.45) is 0 Å². The van der Waals surface area contributed by atoms with Gasteiger partial charge in [-0.15, -0.1) is 0 Å². The van der Waals surface area contributed by atoms with Gasteiger partial charge in [-0.25, -0.2) is 0 Å². The van der Waals surface area contributed by atoms with Crippen LogP contribution in [-0.4, -0.2) is 18.1 Å². The van der Waals surface area contributed by atoms with Crippen molar-refractivity contribution in [1.82, 2.24) is 5.32 Å². The molecule has 2 N–H and O–H groups in total. The summed E-state index contributed by atoms with van der Waals surface area (Å²) < 4.78 is 6.02. The second kappa shape index (κ2) is 7.19.